The highest BCUT2D eigenvalue weighted by molar-refractivity contribution is 5.70. The fraction of sp³-hybridized carbons (Fsp3) is 0.741. The molecule has 1 N–H and O–H groups in total. The molecule has 0 unspecified atom stereocenters. The fourth-order valence-corrected chi connectivity index (χ4v) is 3.74. The maximum Gasteiger partial charge on any atom is 0.306 e. The van der Waals surface area contributed by atoms with Gasteiger partial charge in [0.15, 0.2) is 0 Å². The van der Waals surface area contributed by atoms with E-state index in [9.17, 15) is 9.90 Å². The zero-order valence-electron chi connectivity index (χ0n) is 20.3. The summed E-state index contributed by atoms with van der Waals surface area (Å²) in [6.45, 7) is 11.2. The van der Waals surface area contributed by atoms with E-state index in [0.29, 0.717) is 25.2 Å². The smallest absolute Gasteiger partial charge is 0.306 e. The molecule has 3 heteroatoms. The predicted molar refractivity (Wildman–Crippen MR) is 127 cm³/mol. The Kier molecular flexibility index (Phi) is 12.8. The molecule has 0 spiro atoms. The van der Waals surface area contributed by atoms with Gasteiger partial charge in [0.05, 0.1) is 6.61 Å². The third-order valence-corrected chi connectivity index (χ3v) is 5.85. The van der Waals surface area contributed by atoms with Crippen LogP contribution in [0.4, 0.5) is 0 Å². The molecular weight excluding hydrogens is 372 g/mol. The van der Waals surface area contributed by atoms with E-state index in [-0.39, 0.29) is 11.4 Å². The van der Waals surface area contributed by atoms with Crippen LogP contribution in [0.1, 0.15) is 121 Å². The molecule has 3 nitrogen and oxygen atoms in total. The van der Waals surface area contributed by atoms with Crippen LogP contribution in [-0.2, 0) is 21.4 Å². The number of benzene rings is 1. The average Bonchev–Trinajstić information content (AvgIpc) is 2.69. The zero-order chi connectivity index (χ0) is 22.4. The molecule has 0 aliphatic rings. The summed E-state index contributed by atoms with van der Waals surface area (Å²) in [7, 11) is 0. The van der Waals surface area contributed by atoms with Gasteiger partial charge in [0.1, 0.15) is 5.75 Å². The molecule has 0 fully saturated rings. The Balaban J connectivity index is 2.15. The van der Waals surface area contributed by atoms with Crippen LogP contribution in [0.5, 0.6) is 5.75 Å². The summed E-state index contributed by atoms with van der Waals surface area (Å²) in [5.74, 6) is 0.140. The molecule has 0 atom stereocenters. The standard InChI is InChI=1S/C27H46O3/c1-6-7-8-9-10-11-12-13-14-15-16-19-30-25(28)18-17-23-21-24(27(3,4)5)20-22(2)26(23)29/h20-21,29H,6-19H2,1-5H3. The predicted octanol–water partition coefficient (Wildman–Crippen LogP) is 7.78. The van der Waals surface area contributed by atoms with E-state index in [1.54, 1.807) is 0 Å². The Bertz CT molecular complexity index is 613. The monoisotopic (exact) mass is 418 g/mol. The third-order valence-electron chi connectivity index (χ3n) is 5.85. The van der Waals surface area contributed by atoms with E-state index < -0.39 is 0 Å². The molecule has 0 aromatic heterocycles. The molecule has 0 aliphatic carbocycles. The van der Waals surface area contributed by atoms with E-state index in [1.165, 1.54) is 63.4 Å². The lowest BCUT2D eigenvalue weighted by molar-refractivity contribution is -0.143. The summed E-state index contributed by atoms with van der Waals surface area (Å²) in [6, 6.07) is 4.06. The normalized spacial score (nSPS) is 11.6. The SMILES string of the molecule is CCCCCCCCCCCCCOC(=O)CCc1cc(C(C)(C)C)cc(C)c1O. The van der Waals surface area contributed by atoms with Gasteiger partial charge in [-0.05, 0) is 41.9 Å². The van der Waals surface area contributed by atoms with Crippen molar-refractivity contribution in [1.29, 1.82) is 0 Å². The van der Waals surface area contributed by atoms with Gasteiger partial charge in [-0.1, -0.05) is 104 Å². The Morgan fingerprint density at radius 3 is 1.97 bits per heavy atom. The highest BCUT2D eigenvalue weighted by atomic mass is 16.5. The number of aryl methyl sites for hydroxylation is 2. The Hall–Kier alpha value is -1.51. The van der Waals surface area contributed by atoms with Crippen molar-refractivity contribution >= 4 is 5.97 Å². The number of carbonyl (C=O) groups is 1. The lowest BCUT2D eigenvalue weighted by atomic mass is 9.84. The molecule has 1 rings (SSSR count). The molecule has 0 bridgehead atoms. The third kappa shape index (κ3) is 11.0. The van der Waals surface area contributed by atoms with Crippen molar-refractivity contribution in [2.75, 3.05) is 6.61 Å². The van der Waals surface area contributed by atoms with E-state index >= 15 is 0 Å². The van der Waals surface area contributed by atoms with Gasteiger partial charge in [0.25, 0.3) is 0 Å². The first-order valence-electron chi connectivity index (χ1n) is 12.2. The van der Waals surface area contributed by atoms with Crippen LogP contribution >= 0.6 is 0 Å². The second kappa shape index (κ2) is 14.5. The molecule has 1 aromatic carbocycles. The van der Waals surface area contributed by atoms with Crippen LogP contribution in [-0.4, -0.2) is 17.7 Å². The minimum atomic E-state index is -0.166. The summed E-state index contributed by atoms with van der Waals surface area (Å²) in [5, 5.41) is 10.3. The van der Waals surface area contributed by atoms with E-state index in [4.69, 9.17) is 4.74 Å². The minimum absolute atomic E-state index is 0.0166. The second-order valence-corrected chi connectivity index (χ2v) is 9.81. The van der Waals surface area contributed by atoms with Gasteiger partial charge in [-0.3, -0.25) is 4.79 Å². The number of ether oxygens (including phenoxy) is 1. The van der Waals surface area contributed by atoms with Crippen molar-refractivity contribution in [3.63, 3.8) is 0 Å². The molecule has 1 aromatic rings. The van der Waals surface area contributed by atoms with Crippen molar-refractivity contribution in [3.05, 3.63) is 28.8 Å². The van der Waals surface area contributed by atoms with E-state index in [2.05, 4.69) is 27.7 Å². The number of unbranched alkanes of at least 4 members (excludes halogenated alkanes) is 10. The molecule has 172 valence electrons. The summed E-state index contributed by atoms with van der Waals surface area (Å²) in [5.41, 5.74) is 2.91. The molecule has 30 heavy (non-hydrogen) atoms. The van der Waals surface area contributed by atoms with Crippen molar-refractivity contribution in [3.8, 4) is 5.75 Å². The van der Waals surface area contributed by atoms with E-state index in [0.717, 1.165) is 24.0 Å². The number of carbonyl (C=O) groups excluding carboxylic acids is 1. The fourth-order valence-electron chi connectivity index (χ4n) is 3.74. The van der Waals surface area contributed by atoms with Gasteiger partial charge >= 0.3 is 5.97 Å². The van der Waals surface area contributed by atoms with Crippen LogP contribution in [0.15, 0.2) is 12.1 Å². The molecule has 0 radical (unpaired) electrons. The largest absolute Gasteiger partial charge is 0.507 e. The summed E-state index contributed by atoms with van der Waals surface area (Å²) in [6.07, 6.45) is 15.0. The number of aromatic hydroxyl groups is 1. The van der Waals surface area contributed by atoms with Crippen molar-refractivity contribution in [1.82, 2.24) is 0 Å². The first kappa shape index (κ1) is 26.5. The highest BCUT2D eigenvalue weighted by Crippen LogP contribution is 2.31. The lowest BCUT2D eigenvalue weighted by Gasteiger charge is -2.21. The van der Waals surface area contributed by atoms with Crippen molar-refractivity contribution in [2.45, 2.75) is 124 Å². The summed E-state index contributed by atoms with van der Waals surface area (Å²) in [4.78, 5) is 12.1. The molecule has 0 amide bonds. The maximum atomic E-state index is 12.1. The molecule has 0 heterocycles. The maximum absolute atomic E-state index is 12.1. The lowest BCUT2D eigenvalue weighted by Crippen LogP contribution is -2.12. The Labute approximate surface area is 185 Å². The van der Waals surface area contributed by atoms with Crippen LogP contribution in [0.3, 0.4) is 0 Å². The van der Waals surface area contributed by atoms with Crippen LogP contribution in [0.25, 0.3) is 0 Å². The van der Waals surface area contributed by atoms with Gasteiger partial charge in [0.2, 0.25) is 0 Å². The second-order valence-electron chi connectivity index (χ2n) is 9.81. The number of hydrogen-bond acceptors (Lipinski definition) is 3. The number of rotatable bonds is 15. The summed E-state index contributed by atoms with van der Waals surface area (Å²) >= 11 is 0. The zero-order valence-corrected chi connectivity index (χ0v) is 20.3. The number of phenolic OH excluding ortho intramolecular Hbond substituents is 1. The van der Waals surface area contributed by atoms with Gasteiger partial charge in [-0.25, -0.2) is 0 Å². The van der Waals surface area contributed by atoms with E-state index in [1.807, 2.05) is 19.1 Å². The molecule has 0 aliphatic heterocycles. The van der Waals surface area contributed by atoms with Gasteiger partial charge in [-0.2, -0.15) is 0 Å². The number of phenols is 1. The highest BCUT2D eigenvalue weighted by Gasteiger charge is 2.18. The van der Waals surface area contributed by atoms with Gasteiger partial charge in [-0.15, -0.1) is 0 Å². The van der Waals surface area contributed by atoms with Crippen LogP contribution in [0, 0.1) is 6.92 Å². The van der Waals surface area contributed by atoms with Crippen molar-refractivity contribution < 1.29 is 14.6 Å². The Morgan fingerprint density at radius 1 is 0.900 bits per heavy atom. The Morgan fingerprint density at radius 2 is 1.43 bits per heavy atom. The van der Waals surface area contributed by atoms with Gasteiger partial charge in [0, 0.05) is 6.42 Å². The van der Waals surface area contributed by atoms with Gasteiger partial charge < -0.3 is 9.84 Å². The number of esters is 1. The average molecular weight is 419 g/mol. The van der Waals surface area contributed by atoms with Crippen molar-refractivity contribution in [2.24, 2.45) is 0 Å². The van der Waals surface area contributed by atoms with Crippen LogP contribution in [0.2, 0.25) is 0 Å². The molecule has 0 saturated carbocycles. The molecule has 0 saturated heterocycles. The minimum Gasteiger partial charge on any atom is -0.507 e. The quantitative estimate of drug-likeness (QED) is 0.233. The first-order valence-corrected chi connectivity index (χ1v) is 12.2. The first-order chi connectivity index (χ1) is 14.3. The topological polar surface area (TPSA) is 46.5 Å². The summed E-state index contributed by atoms with van der Waals surface area (Å²) < 4.78 is 5.39. The number of hydrogen-bond donors (Lipinski definition) is 1. The molecular formula is C27H46O3. The van der Waals surface area contributed by atoms with Crippen LogP contribution < -0.4 is 0 Å².